The van der Waals surface area contributed by atoms with E-state index in [0.29, 0.717) is 17.3 Å². The molecule has 1 aromatic carbocycles. The predicted molar refractivity (Wildman–Crippen MR) is 92.4 cm³/mol. The highest BCUT2D eigenvalue weighted by atomic mass is 32.1. The Balaban J connectivity index is 1.90. The van der Waals surface area contributed by atoms with Crippen LogP contribution in [0, 0.1) is 18.3 Å². The van der Waals surface area contributed by atoms with Crippen LogP contribution in [0.15, 0.2) is 53.2 Å². The van der Waals surface area contributed by atoms with E-state index in [4.69, 9.17) is 10.5 Å². The summed E-state index contributed by atoms with van der Waals surface area (Å²) in [5.74, 6) is 0.979. The first-order chi connectivity index (χ1) is 11.7. The molecule has 6 heteroatoms. The highest BCUT2D eigenvalue weighted by Crippen LogP contribution is 2.44. The zero-order chi connectivity index (χ0) is 16.7. The van der Waals surface area contributed by atoms with Crippen molar-refractivity contribution in [3.05, 3.63) is 69.4 Å². The maximum atomic E-state index is 9.57. The number of hydrogen-bond acceptors (Lipinski definition) is 5. The number of aromatic nitrogens is 2. The Morgan fingerprint density at radius 3 is 2.75 bits per heavy atom. The van der Waals surface area contributed by atoms with Crippen LogP contribution in [0.4, 0.5) is 0 Å². The lowest BCUT2D eigenvalue weighted by Gasteiger charge is -2.22. The zero-order valence-electron chi connectivity index (χ0n) is 12.9. The van der Waals surface area contributed by atoms with Crippen LogP contribution in [0.2, 0.25) is 0 Å². The number of nitriles is 1. The molecule has 24 heavy (non-hydrogen) atoms. The van der Waals surface area contributed by atoms with Crippen LogP contribution < -0.4 is 10.5 Å². The average molecular weight is 334 g/mol. The molecule has 1 aliphatic heterocycles. The number of aryl methyl sites for hydroxylation is 1. The number of H-pyrrole nitrogens is 1. The number of thiophene rings is 1. The van der Waals surface area contributed by atoms with E-state index in [1.807, 2.05) is 48.7 Å². The SMILES string of the molecule is Cc1ccsc1[C@@H]1C(C#N)=C(N)Oc2nc(-c3ccccc3)[nH]c21. The summed E-state index contributed by atoms with van der Waals surface area (Å²) >= 11 is 1.60. The summed E-state index contributed by atoms with van der Waals surface area (Å²) in [6, 6.07) is 14.0. The number of nitrogens with zero attached hydrogens (tertiary/aromatic N) is 2. The molecule has 1 atom stereocenters. The maximum Gasteiger partial charge on any atom is 0.243 e. The van der Waals surface area contributed by atoms with Crippen molar-refractivity contribution >= 4 is 11.3 Å². The minimum atomic E-state index is -0.274. The van der Waals surface area contributed by atoms with E-state index in [-0.39, 0.29) is 11.8 Å². The number of nitrogens with one attached hydrogen (secondary N) is 1. The van der Waals surface area contributed by atoms with E-state index >= 15 is 0 Å². The molecule has 118 valence electrons. The number of hydrogen-bond donors (Lipinski definition) is 2. The fourth-order valence-electron chi connectivity index (χ4n) is 2.88. The van der Waals surface area contributed by atoms with E-state index in [1.54, 1.807) is 11.3 Å². The Morgan fingerprint density at radius 1 is 1.29 bits per heavy atom. The molecule has 0 bridgehead atoms. The molecule has 1 aliphatic rings. The highest BCUT2D eigenvalue weighted by Gasteiger charge is 2.35. The van der Waals surface area contributed by atoms with Crippen LogP contribution in [-0.4, -0.2) is 9.97 Å². The molecule has 0 saturated heterocycles. The average Bonchev–Trinajstić information content (AvgIpc) is 3.20. The number of fused-ring (bicyclic) bond motifs is 1. The molecule has 0 fully saturated rings. The Hall–Kier alpha value is -3.04. The number of rotatable bonds is 2. The van der Waals surface area contributed by atoms with Gasteiger partial charge in [-0.05, 0) is 23.9 Å². The van der Waals surface area contributed by atoms with E-state index < -0.39 is 0 Å². The molecule has 0 spiro atoms. The third-order valence-electron chi connectivity index (χ3n) is 4.08. The normalized spacial score (nSPS) is 16.4. The Morgan fingerprint density at radius 2 is 2.08 bits per heavy atom. The number of imidazole rings is 1. The van der Waals surface area contributed by atoms with Crippen LogP contribution in [0.25, 0.3) is 11.4 Å². The van der Waals surface area contributed by atoms with E-state index in [2.05, 4.69) is 16.0 Å². The number of aromatic amines is 1. The third kappa shape index (κ3) is 2.18. The molecular formula is C18H14N4OS. The predicted octanol–water partition coefficient (Wildman–Crippen LogP) is 3.66. The summed E-state index contributed by atoms with van der Waals surface area (Å²) in [5, 5.41) is 11.6. The first-order valence-electron chi connectivity index (χ1n) is 7.46. The van der Waals surface area contributed by atoms with Crippen molar-refractivity contribution in [2.45, 2.75) is 12.8 Å². The summed E-state index contributed by atoms with van der Waals surface area (Å²) in [6.07, 6.45) is 0. The fraction of sp³-hybridized carbons (Fsp3) is 0.111. The van der Waals surface area contributed by atoms with Crippen molar-refractivity contribution in [3.63, 3.8) is 0 Å². The standard InChI is InChI=1S/C18H14N4OS/c1-10-7-8-24-15(10)13-12(9-19)16(20)23-18-14(13)21-17(22-18)11-5-3-2-4-6-11/h2-8,13H,20H2,1H3,(H,21,22)/t13-/m1/s1. The largest absolute Gasteiger partial charge is 0.420 e. The lowest BCUT2D eigenvalue weighted by molar-refractivity contribution is 0.380. The van der Waals surface area contributed by atoms with Gasteiger partial charge < -0.3 is 15.5 Å². The molecule has 4 rings (SSSR count). The highest BCUT2D eigenvalue weighted by molar-refractivity contribution is 7.10. The van der Waals surface area contributed by atoms with Gasteiger partial charge in [-0.15, -0.1) is 11.3 Å². The smallest absolute Gasteiger partial charge is 0.243 e. The van der Waals surface area contributed by atoms with Gasteiger partial charge in [0, 0.05) is 10.4 Å². The second-order valence-corrected chi connectivity index (χ2v) is 6.51. The number of nitrogens with two attached hydrogens (primary N) is 1. The molecule has 5 nitrogen and oxygen atoms in total. The monoisotopic (exact) mass is 334 g/mol. The third-order valence-corrected chi connectivity index (χ3v) is 5.16. The quantitative estimate of drug-likeness (QED) is 0.748. The summed E-state index contributed by atoms with van der Waals surface area (Å²) in [6.45, 7) is 2.03. The molecule has 3 N–H and O–H groups in total. The van der Waals surface area contributed by atoms with Crippen LogP contribution >= 0.6 is 11.3 Å². The summed E-state index contributed by atoms with van der Waals surface area (Å²) in [7, 11) is 0. The number of ether oxygens (including phenoxy) is 1. The molecule has 3 heterocycles. The summed E-state index contributed by atoms with van der Waals surface area (Å²) < 4.78 is 5.60. The summed E-state index contributed by atoms with van der Waals surface area (Å²) in [5.41, 5.74) is 9.24. The van der Waals surface area contributed by atoms with Crippen molar-refractivity contribution in [2.24, 2.45) is 5.73 Å². The van der Waals surface area contributed by atoms with Gasteiger partial charge in [-0.25, -0.2) is 0 Å². The van der Waals surface area contributed by atoms with E-state index in [0.717, 1.165) is 21.7 Å². The topological polar surface area (TPSA) is 87.7 Å². The van der Waals surface area contributed by atoms with Gasteiger partial charge in [-0.1, -0.05) is 30.3 Å². The summed E-state index contributed by atoms with van der Waals surface area (Å²) in [4.78, 5) is 8.93. The van der Waals surface area contributed by atoms with E-state index in [9.17, 15) is 5.26 Å². The lowest BCUT2D eigenvalue weighted by atomic mass is 9.92. The second-order valence-electron chi connectivity index (χ2n) is 5.56. The minimum absolute atomic E-state index is 0.119. The molecule has 0 saturated carbocycles. The maximum absolute atomic E-state index is 9.57. The van der Waals surface area contributed by atoms with Gasteiger partial charge in [0.25, 0.3) is 0 Å². The van der Waals surface area contributed by atoms with E-state index in [1.165, 1.54) is 0 Å². The number of allylic oxidation sites excluding steroid dienone is 1. The van der Waals surface area contributed by atoms with Crippen LogP contribution in [-0.2, 0) is 0 Å². The van der Waals surface area contributed by atoms with Gasteiger partial charge in [0.2, 0.25) is 11.8 Å². The minimum Gasteiger partial charge on any atom is -0.420 e. The van der Waals surface area contributed by atoms with Crippen LogP contribution in [0.3, 0.4) is 0 Å². The van der Waals surface area contributed by atoms with Crippen LogP contribution in [0.1, 0.15) is 22.1 Å². The first kappa shape index (κ1) is 14.5. The molecule has 0 radical (unpaired) electrons. The van der Waals surface area contributed by atoms with Gasteiger partial charge in [-0.3, -0.25) is 0 Å². The molecule has 0 unspecified atom stereocenters. The first-order valence-corrected chi connectivity index (χ1v) is 8.34. The molecule has 0 aliphatic carbocycles. The lowest BCUT2D eigenvalue weighted by Crippen LogP contribution is -2.20. The molecule has 3 aromatic rings. The van der Waals surface area contributed by atoms with Gasteiger partial charge in [0.15, 0.2) is 0 Å². The van der Waals surface area contributed by atoms with Gasteiger partial charge in [0.1, 0.15) is 17.5 Å². The Kier molecular flexibility index (Phi) is 3.36. The molecular weight excluding hydrogens is 320 g/mol. The molecule has 2 aromatic heterocycles. The van der Waals surface area contributed by atoms with Crippen molar-refractivity contribution in [2.75, 3.05) is 0 Å². The van der Waals surface area contributed by atoms with Crippen molar-refractivity contribution in [1.29, 1.82) is 5.26 Å². The van der Waals surface area contributed by atoms with Crippen molar-refractivity contribution in [1.82, 2.24) is 9.97 Å². The second kappa shape index (κ2) is 5.55. The number of benzene rings is 1. The van der Waals surface area contributed by atoms with Crippen LogP contribution in [0.5, 0.6) is 5.88 Å². The van der Waals surface area contributed by atoms with Crippen molar-refractivity contribution < 1.29 is 4.74 Å². The fourth-order valence-corrected chi connectivity index (χ4v) is 3.93. The zero-order valence-corrected chi connectivity index (χ0v) is 13.7. The van der Waals surface area contributed by atoms with Gasteiger partial charge >= 0.3 is 0 Å². The van der Waals surface area contributed by atoms with Crippen molar-refractivity contribution in [3.8, 4) is 23.3 Å². The van der Waals surface area contributed by atoms with Gasteiger partial charge in [-0.2, -0.15) is 10.2 Å². The Labute approximate surface area is 143 Å². The molecule has 0 amide bonds. The van der Waals surface area contributed by atoms with Gasteiger partial charge in [0.05, 0.1) is 11.6 Å². The Bertz CT molecular complexity index is 978.